The Balaban J connectivity index is 1.17. The highest BCUT2D eigenvalue weighted by Gasteiger charge is 2.65. The molecule has 9 nitrogen and oxygen atoms in total. The number of hydrogen-bond acceptors (Lipinski definition) is 9. The Hall–Kier alpha value is -3.65. The smallest absolute Gasteiger partial charge is 0.313 e. The molecule has 0 amide bonds. The molecule has 0 spiro atoms. The average Bonchev–Trinajstić information content (AvgIpc) is 3.89. The van der Waals surface area contributed by atoms with Crippen LogP contribution in [0.4, 0.5) is 13.2 Å². The number of alkyl halides is 3. The lowest BCUT2D eigenvalue weighted by molar-refractivity contribution is -0.166. The predicted octanol–water partition coefficient (Wildman–Crippen LogP) is 6.82. The molecule has 0 aromatic heterocycles. The van der Waals surface area contributed by atoms with E-state index in [-0.39, 0.29) is 5.56 Å². The maximum absolute atomic E-state index is 13.5. The van der Waals surface area contributed by atoms with Gasteiger partial charge < -0.3 is 14.9 Å². The van der Waals surface area contributed by atoms with Crippen LogP contribution in [0.25, 0.3) is 0 Å². The summed E-state index contributed by atoms with van der Waals surface area (Å²) in [6.07, 6.45) is -3.71. The van der Waals surface area contributed by atoms with E-state index < -0.39 is 31.7 Å². The van der Waals surface area contributed by atoms with Gasteiger partial charge in [0, 0.05) is 29.8 Å². The summed E-state index contributed by atoms with van der Waals surface area (Å²) < 4.78 is 40.4. The van der Waals surface area contributed by atoms with Crippen LogP contribution in [0.3, 0.4) is 0 Å². The first-order chi connectivity index (χ1) is 20.5. The Labute approximate surface area is 249 Å². The molecule has 224 valence electrons. The molecule has 0 saturated carbocycles. The van der Waals surface area contributed by atoms with Crippen LogP contribution in [0.5, 0.6) is 0 Å². The van der Waals surface area contributed by atoms with Crippen molar-refractivity contribution in [1.82, 2.24) is 14.9 Å². The fraction of sp³-hybridized carbons (Fsp3) is 0.400. The highest BCUT2D eigenvalue weighted by Crippen LogP contribution is 2.52. The SMILES string of the molecule is CCN[Si](CCc1ccc(C2(C)N=N2)cc1)(NCc1ccc(C2(C)N=N2)cc1)NCc1ccc(C2(C(F)(F)F)N=N2)cc1. The van der Waals surface area contributed by atoms with Crippen molar-refractivity contribution in [2.24, 2.45) is 30.7 Å². The number of hydrogen-bond donors (Lipinski definition) is 3. The zero-order valence-electron chi connectivity index (χ0n) is 24.3. The van der Waals surface area contributed by atoms with Crippen molar-refractivity contribution >= 4 is 8.56 Å². The molecule has 1 unspecified atom stereocenters. The van der Waals surface area contributed by atoms with Crippen molar-refractivity contribution in [3.63, 3.8) is 0 Å². The molecule has 0 fully saturated rings. The van der Waals surface area contributed by atoms with E-state index >= 15 is 0 Å². The van der Waals surface area contributed by atoms with Gasteiger partial charge in [-0.15, -0.1) is 10.2 Å². The minimum Gasteiger partial charge on any atom is -0.313 e. The molecule has 3 heterocycles. The fourth-order valence-electron chi connectivity index (χ4n) is 5.20. The summed E-state index contributed by atoms with van der Waals surface area (Å²) in [5, 5.41) is 23.1. The van der Waals surface area contributed by atoms with Gasteiger partial charge >= 0.3 is 11.8 Å². The number of nitrogens with one attached hydrogen (secondary N) is 3. The van der Waals surface area contributed by atoms with E-state index in [1.807, 2.05) is 13.8 Å². The second-order valence-electron chi connectivity index (χ2n) is 11.5. The molecule has 3 N–H and O–H groups in total. The van der Waals surface area contributed by atoms with Gasteiger partial charge in [0.1, 0.15) is 0 Å². The van der Waals surface area contributed by atoms with Crippen molar-refractivity contribution in [3.8, 4) is 0 Å². The first-order valence-electron chi connectivity index (χ1n) is 14.4. The van der Waals surface area contributed by atoms with Crippen LogP contribution in [0.15, 0.2) is 103 Å². The molecular formula is C30H34F3N9Si. The monoisotopic (exact) mass is 605 g/mol. The van der Waals surface area contributed by atoms with Crippen LogP contribution >= 0.6 is 0 Å². The van der Waals surface area contributed by atoms with Gasteiger partial charge in [-0.25, -0.2) is 0 Å². The summed E-state index contributed by atoms with van der Waals surface area (Å²) in [5.41, 5.74) is 2.17. The third-order valence-corrected chi connectivity index (χ3v) is 11.8. The second-order valence-corrected chi connectivity index (χ2v) is 14.9. The van der Waals surface area contributed by atoms with E-state index in [4.69, 9.17) is 0 Å². The summed E-state index contributed by atoms with van der Waals surface area (Å²) >= 11 is 0. The lowest BCUT2D eigenvalue weighted by atomic mass is 10.0. The first kappa shape index (κ1) is 29.4. The molecule has 3 aromatic rings. The van der Waals surface area contributed by atoms with Crippen molar-refractivity contribution in [1.29, 1.82) is 0 Å². The zero-order chi connectivity index (χ0) is 30.3. The van der Waals surface area contributed by atoms with Crippen molar-refractivity contribution in [2.45, 2.75) is 69.5 Å². The zero-order valence-corrected chi connectivity index (χ0v) is 25.3. The van der Waals surface area contributed by atoms with Crippen molar-refractivity contribution < 1.29 is 13.2 Å². The van der Waals surface area contributed by atoms with Crippen LogP contribution in [0.1, 0.15) is 54.2 Å². The largest absolute Gasteiger partial charge is 0.442 e. The molecule has 0 aliphatic carbocycles. The highest BCUT2D eigenvalue weighted by molar-refractivity contribution is 6.72. The van der Waals surface area contributed by atoms with Gasteiger partial charge in [-0.05, 0) is 49.5 Å². The second kappa shape index (κ2) is 10.8. The number of rotatable bonds is 14. The number of nitrogens with zero attached hydrogens (tertiary/aromatic N) is 6. The van der Waals surface area contributed by atoms with Crippen LogP contribution in [-0.4, -0.2) is 21.3 Å². The average molecular weight is 606 g/mol. The van der Waals surface area contributed by atoms with Gasteiger partial charge in [0.2, 0.25) is 11.3 Å². The third kappa shape index (κ3) is 6.21. The maximum atomic E-state index is 13.5. The molecule has 0 saturated heterocycles. The van der Waals surface area contributed by atoms with Crippen LogP contribution in [0.2, 0.25) is 6.04 Å². The van der Waals surface area contributed by atoms with Crippen LogP contribution < -0.4 is 14.9 Å². The summed E-state index contributed by atoms with van der Waals surface area (Å²) in [6.45, 7) is 7.94. The Morgan fingerprint density at radius 1 is 0.605 bits per heavy atom. The van der Waals surface area contributed by atoms with Crippen molar-refractivity contribution in [3.05, 3.63) is 106 Å². The predicted molar refractivity (Wildman–Crippen MR) is 158 cm³/mol. The van der Waals surface area contributed by atoms with E-state index in [0.717, 1.165) is 41.3 Å². The molecule has 0 bridgehead atoms. The Morgan fingerprint density at radius 2 is 1.02 bits per heavy atom. The minimum atomic E-state index is -4.54. The summed E-state index contributed by atoms with van der Waals surface area (Å²) in [6, 6.07) is 24.0. The molecule has 1 atom stereocenters. The van der Waals surface area contributed by atoms with E-state index in [0.29, 0.717) is 13.1 Å². The highest BCUT2D eigenvalue weighted by atomic mass is 28.4. The molecular weight excluding hydrogens is 571 g/mol. The quantitative estimate of drug-likeness (QED) is 0.176. The van der Waals surface area contributed by atoms with E-state index in [1.54, 1.807) is 12.1 Å². The molecule has 13 heteroatoms. The normalized spacial score (nSPS) is 19.7. The lowest BCUT2D eigenvalue weighted by Crippen LogP contribution is -2.71. The van der Waals surface area contributed by atoms with Crippen molar-refractivity contribution in [2.75, 3.05) is 6.54 Å². The Bertz CT molecular complexity index is 1460. The third-order valence-electron chi connectivity index (χ3n) is 8.31. The summed E-state index contributed by atoms with van der Waals surface area (Å²) in [4.78, 5) is 11.4. The fourth-order valence-corrected chi connectivity index (χ4v) is 8.38. The number of benzene rings is 3. The molecule has 3 aromatic carbocycles. The molecule has 0 radical (unpaired) electrons. The van der Waals surface area contributed by atoms with E-state index in [9.17, 15) is 13.2 Å². The molecule has 43 heavy (non-hydrogen) atoms. The summed E-state index contributed by atoms with van der Waals surface area (Å²) in [7, 11) is -2.53. The molecule has 3 aliphatic rings. The van der Waals surface area contributed by atoms with E-state index in [2.05, 4.69) is 101 Å². The minimum absolute atomic E-state index is 0.0327. The van der Waals surface area contributed by atoms with Gasteiger partial charge in [-0.3, -0.25) is 0 Å². The van der Waals surface area contributed by atoms with Crippen LogP contribution in [-0.2, 0) is 36.5 Å². The number of halogens is 3. The topological polar surface area (TPSA) is 110 Å². The van der Waals surface area contributed by atoms with Gasteiger partial charge in [0.05, 0.1) is 0 Å². The Morgan fingerprint density at radius 3 is 1.40 bits per heavy atom. The number of aryl methyl sites for hydroxylation is 1. The van der Waals surface area contributed by atoms with Gasteiger partial charge in [0.15, 0.2) is 0 Å². The van der Waals surface area contributed by atoms with Gasteiger partial charge in [-0.1, -0.05) is 79.7 Å². The lowest BCUT2D eigenvalue weighted by Gasteiger charge is -2.34. The van der Waals surface area contributed by atoms with Gasteiger partial charge in [0.25, 0.3) is 8.56 Å². The molecule has 3 aliphatic heterocycles. The maximum Gasteiger partial charge on any atom is 0.442 e. The Kier molecular flexibility index (Phi) is 7.39. The summed E-state index contributed by atoms with van der Waals surface area (Å²) in [5.74, 6) is 0. The van der Waals surface area contributed by atoms with E-state index in [1.165, 1.54) is 17.7 Å². The van der Waals surface area contributed by atoms with Crippen LogP contribution in [0, 0.1) is 0 Å². The van der Waals surface area contributed by atoms with Gasteiger partial charge in [-0.2, -0.15) is 33.6 Å². The standard InChI is InChI=1S/C30H34F3N9Si/c1-4-34-43(18-17-21-5-11-24(12-6-21)27(2)37-38-27,35-19-22-7-13-25(14-8-22)28(3)39-40-28)36-20-23-9-15-26(16-10-23)29(41-42-29)30(31,32)33/h5-16,34-36H,4,17-20H2,1-3H3. The first-order valence-corrected chi connectivity index (χ1v) is 16.6. The molecule has 6 rings (SSSR count).